The summed E-state index contributed by atoms with van der Waals surface area (Å²) in [6.07, 6.45) is 3.38. The Morgan fingerprint density at radius 1 is 1.07 bits per heavy atom. The summed E-state index contributed by atoms with van der Waals surface area (Å²) >= 11 is 0. The molecule has 156 valence electrons. The van der Waals surface area contributed by atoms with Gasteiger partial charge in [0.2, 0.25) is 0 Å². The maximum atomic E-state index is 12.9. The molecule has 29 heavy (non-hydrogen) atoms. The largest absolute Gasteiger partial charge is 0.465 e. The third-order valence-electron chi connectivity index (χ3n) is 5.85. The van der Waals surface area contributed by atoms with Crippen LogP contribution in [-0.2, 0) is 4.74 Å². The smallest absolute Gasteiger partial charge is 0.340 e. The van der Waals surface area contributed by atoms with Gasteiger partial charge in [0.1, 0.15) is 5.52 Å². The van der Waals surface area contributed by atoms with Gasteiger partial charge in [-0.1, -0.05) is 6.07 Å². The molecule has 2 saturated heterocycles. The second-order valence-corrected chi connectivity index (χ2v) is 7.98. The van der Waals surface area contributed by atoms with E-state index < -0.39 is 5.97 Å². The summed E-state index contributed by atoms with van der Waals surface area (Å²) < 4.78 is 10.8. The third-order valence-corrected chi connectivity index (χ3v) is 5.85. The van der Waals surface area contributed by atoms with Crippen molar-refractivity contribution in [2.75, 3.05) is 38.2 Å². The van der Waals surface area contributed by atoms with E-state index in [1.165, 1.54) is 13.5 Å². The zero-order chi connectivity index (χ0) is 20.5. The van der Waals surface area contributed by atoms with Crippen molar-refractivity contribution >= 4 is 29.1 Å². The highest BCUT2D eigenvalue weighted by Gasteiger charge is 2.36. The number of piperidine rings is 1. The van der Waals surface area contributed by atoms with Gasteiger partial charge in [0.25, 0.3) is 6.01 Å². The van der Waals surface area contributed by atoms with Gasteiger partial charge in [-0.3, -0.25) is 0 Å². The monoisotopic (exact) mass is 400 g/mol. The van der Waals surface area contributed by atoms with Crippen LogP contribution in [0.15, 0.2) is 22.6 Å². The summed E-state index contributed by atoms with van der Waals surface area (Å²) in [4.78, 5) is 35.6. The highest BCUT2D eigenvalue weighted by Crippen LogP contribution is 2.30. The highest BCUT2D eigenvalue weighted by molar-refractivity contribution is 6.01. The summed E-state index contributed by atoms with van der Waals surface area (Å²) in [7, 11) is 1.35. The number of carbonyl (C=O) groups excluding carboxylic acids is 2. The second-order valence-electron chi connectivity index (χ2n) is 7.98. The van der Waals surface area contributed by atoms with Crippen LogP contribution in [0.25, 0.3) is 11.1 Å². The van der Waals surface area contributed by atoms with E-state index in [0.717, 1.165) is 25.9 Å². The standard InChI is InChI=1S/C21H28N4O4/c1-14-12-24(21(27)23-10-5-4-6-11-23)13-15(2)25(14)20-22-18-16(19(26)28-3)8-7-9-17(18)29-20/h7-9,14-15H,4-6,10-13H2,1-3H3. The van der Waals surface area contributed by atoms with Crippen LogP contribution < -0.4 is 4.90 Å². The van der Waals surface area contributed by atoms with E-state index in [0.29, 0.717) is 35.8 Å². The van der Waals surface area contributed by atoms with E-state index in [9.17, 15) is 9.59 Å². The molecule has 2 fully saturated rings. The number of nitrogens with zero attached hydrogens (tertiary/aromatic N) is 4. The third kappa shape index (κ3) is 3.63. The summed E-state index contributed by atoms with van der Waals surface area (Å²) in [6.45, 7) is 7.07. The first-order valence-electron chi connectivity index (χ1n) is 10.3. The van der Waals surface area contributed by atoms with Gasteiger partial charge in [0, 0.05) is 38.3 Å². The fourth-order valence-corrected chi connectivity index (χ4v) is 4.46. The van der Waals surface area contributed by atoms with Gasteiger partial charge in [0.05, 0.1) is 12.7 Å². The zero-order valence-electron chi connectivity index (χ0n) is 17.3. The SMILES string of the molecule is COC(=O)c1cccc2oc(N3C(C)CN(C(=O)N4CCCCC4)CC3C)nc12. The average molecular weight is 400 g/mol. The topological polar surface area (TPSA) is 79.1 Å². The molecule has 0 saturated carbocycles. The first kappa shape index (κ1) is 19.5. The molecule has 2 atom stereocenters. The summed E-state index contributed by atoms with van der Waals surface area (Å²) in [5.41, 5.74) is 1.44. The number of piperazine rings is 1. The van der Waals surface area contributed by atoms with Crippen molar-refractivity contribution in [3.8, 4) is 0 Å². The summed E-state index contributed by atoms with van der Waals surface area (Å²) in [6, 6.07) is 5.93. The number of anilines is 1. The molecule has 0 radical (unpaired) electrons. The number of esters is 1. The molecule has 4 rings (SSSR count). The van der Waals surface area contributed by atoms with Gasteiger partial charge >= 0.3 is 12.0 Å². The van der Waals surface area contributed by atoms with Gasteiger partial charge in [-0.2, -0.15) is 4.98 Å². The van der Waals surface area contributed by atoms with Crippen LogP contribution in [0.2, 0.25) is 0 Å². The Labute approximate surface area is 170 Å². The fraction of sp³-hybridized carbons (Fsp3) is 0.571. The zero-order valence-corrected chi connectivity index (χ0v) is 17.3. The molecule has 2 aliphatic heterocycles. The van der Waals surface area contributed by atoms with E-state index in [2.05, 4.69) is 23.7 Å². The number of urea groups is 1. The molecule has 0 spiro atoms. The number of methoxy groups -OCH3 is 1. The first-order valence-corrected chi connectivity index (χ1v) is 10.3. The Bertz CT molecular complexity index is 893. The van der Waals surface area contributed by atoms with Gasteiger partial charge in [-0.05, 0) is 45.2 Å². The number of oxazole rings is 1. The molecule has 2 unspecified atom stereocenters. The van der Waals surface area contributed by atoms with Gasteiger partial charge in [-0.15, -0.1) is 0 Å². The Balaban J connectivity index is 1.55. The number of hydrogen-bond donors (Lipinski definition) is 0. The number of fused-ring (bicyclic) bond motifs is 1. The van der Waals surface area contributed by atoms with Crippen LogP contribution in [0, 0.1) is 0 Å². The molecule has 1 aromatic carbocycles. The number of ether oxygens (including phenoxy) is 1. The van der Waals surface area contributed by atoms with Crippen LogP contribution in [0.3, 0.4) is 0 Å². The Hall–Kier alpha value is -2.77. The minimum absolute atomic E-state index is 0.0436. The molecular formula is C21H28N4O4. The normalized spacial score (nSPS) is 22.8. The van der Waals surface area contributed by atoms with Crippen LogP contribution >= 0.6 is 0 Å². The lowest BCUT2D eigenvalue weighted by Gasteiger charge is -2.45. The number of carbonyl (C=O) groups is 2. The predicted molar refractivity (Wildman–Crippen MR) is 109 cm³/mol. The van der Waals surface area contributed by atoms with Crippen molar-refractivity contribution in [3.63, 3.8) is 0 Å². The van der Waals surface area contributed by atoms with Crippen LogP contribution in [0.5, 0.6) is 0 Å². The van der Waals surface area contributed by atoms with Gasteiger partial charge < -0.3 is 23.9 Å². The number of benzene rings is 1. The molecule has 0 aliphatic carbocycles. The first-order chi connectivity index (χ1) is 14.0. The Morgan fingerprint density at radius 3 is 2.41 bits per heavy atom. The van der Waals surface area contributed by atoms with Gasteiger partial charge in [-0.25, -0.2) is 9.59 Å². The average Bonchev–Trinajstić information content (AvgIpc) is 3.16. The molecule has 2 amide bonds. The van der Waals surface area contributed by atoms with Crippen molar-refractivity contribution in [1.82, 2.24) is 14.8 Å². The number of aromatic nitrogens is 1. The van der Waals surface area contributed by atoms with Crippen molar-refractivity contribution in [3.05, 3.63) is 23.8 Å². The summed E-state index contributed by atoms with van der Waals surface area (Å²) in [5.74, 6) is -0.437. The number of rotatable bonds is 2. The van der Waals surface area contributed by atoms with E-state index in [-0.39, 0.29) is 18.1 Å². The van der Waals surface area contributed by atoms with Crippen LogP contribution in [0.4, 0.5) is 10.8 Å². The van der Waals surface area contributed by atoms with E-state index >= 15 is 0 Å². The number of amides is 2. The van der Waals surface area contributed by atoms with Crippen molar-refractivity contribution in [2.24, 2.45) is 0 Å². The highest BCUT2D eigenvalue weighted by atomic mass is 16.5. The maximum absolute atomic E-state index is 12.9. The molecule has 0 bridgehead atoms. The lowest BCUT2D eigenvalue weighted by Crippen LogP contribution is -2.60. The molecule has 2 aromatic rings. The number of para-hydroxylation sites is 1. The molecule has 2 aliphatic rings. The van der Waals surface area contributed by atoms with Crippen molar-refractivity contribution in [2.45, 2.75) is 45.2 Å². The quantitative estimate of drug-likeness (QED) is 0.721. The molecule has 8 heteroatoms. The molecule has 0 N–H and O–H groups in total. The second kappa shape index (κ2) is 7.93. The van der Waals surface area contributed by atoms with Gasteiger partial charge in [0.15, 0.2) is 5.58 Å². The van der Waals surface area contributed by atoms with Crippen molar-refractivity contribution in [1.29, 1.82) is 0 Å². The van der Waals surface area contributed by atoms with E-state index in [1.54, 1.807) is 18.2 Å². The van der Waals surface area contributed by atoms with Crippen molar-refractivity contribution < 1.29 is 18.7 Å². The number of likely N-dealkylation sites (tertiary alicyclic amines) is 1. The molecule has 1 aromatic heterocycles. The lowest BCUT2D eigenvalue weighted by molar-refractivity contribution is 0.0602. The van der Waals surface area contributed by atoms with Crippen LogP contribution in [0.1, 0.15) is 43.5 Å². The Morgan fingerprint density at radius 2 is 1.76 bits per heavy atom. The predicted octanol–water partition coefficient (Wildman–Crippen LogP) is 3.12. The van der Waals surface area contributed by atoms with E-state index in [4.69, 9.17) is 9.15 Å². The fourth-order valence-electron chi connectivity index (χ4n) is 4.46. The lowest BCUT2D eigenvalue weighted by atomic mass is 10.1. The maximum Gasteiger partial charge on any atom is 0.340 e. The minimum atomic E-state index is -0.437. The minimum Gasteiger partial charge on any atom is -0.465 e. The van der Waals surface area contributed by atoms with E-state index in [1.807, 2.05) is 9.80 Å². The molecular weight excluding hydrogens is 372 g/mol. The Kier molecular flexibility index (Phi) is 5.34. The van der Waals surface area contributed by atoms with Crippen LogP contribution in [-0.4, -0.2) is 72.2 Å². The molecule has 8 nitrogen and oxygen atoms in total. The number of hydrogen-bond acceptors (Lipinski definition) is 6. The summed E-state index contributed by atoms with van der Waals surface area (Å²) in [5, 5.41) is 0. The molecule has 3 heterocycles.